The molecule has 9 heteroatoms. The summed E-state index contributed by atoms with van der Waals surface area (Å²) in [7, 11) is -4.34. The lowest BCUT2D eigenvalue weighted by Crippen LogP contribution is -2.30. The van der Waals surface area contributed by atoms with Crippen LogP contribution in [-0.4, -0.2) is 14.3 Å². The summed E-state index contributed by atoms with van der Waals surface area (Å²) in [6.07, 6.45) is -3.84. The second-order valence-corrected chi connectivity index (χ2v) is 6.44. The van der Waals surface area contributed by atoms with E-state index in [1.165, 1.54) is 10.8 Å². The van der Waals surface area contributed by atoms with Gasteiger partial charge in [-0.3, -0.25) is 4.79 Å². The molecule has 2 rings (SSSR count). The van der Waals surface area contributed by atoms with Crippen LogP contribution in [0.15, 0.2) is 53.9 Å². The van der Waals surface area contributed by atoms with Crippen LogP contribution in [0.4, 0.5) is 17.6 Å². The van der Waals surface area contributed by atoms with Crippen LogP contribution in [0.1, 0.15) is 21.5 Å². The number of rotatable bonds is 4. The van der Waals surface area contributed by atoms with Crippen molar-refractivity contribution in [1.82, 2.24) is 4.72 Å². The Morgan fingerprint density at radius 2 is 1.68 bits per heavy atom. The highest BCUT2D eigenvalue weighted by molar-refractivity contribution is 7.93. The minimum Gasteiger partial charge on any atom is -0.268 e. The molecule has 0 bridgehead atoms. The number of nitrogens with one attached hydrogen (secondary N) is 1. The van der Waals surface area contributed by atoms with Crippen LogP contribution in [0.2, 0.25) is 0 Å². The normalized spacial score (nSPS) is 12.3. The number of carbonyl (C=O) groups is 1. The molecule has 0 unspecified atom stereocenters. The smallest absolute Gasteiger partial charge is 0.268 e. The Morgan fingerprint density at radius 3 is 2.28 bits per heavy atom. The molecular weight excluding hydrogens is 362 g/mol. The SMILES string of the molecule is O=C(NS(=O)(=O)C=Cc1ccccc1)c1ccc(F)cc1C(F)(F)F. The molecule has 0 spiro atoms. The Hall–Kier alpha value is -2.68. The van der Waals surface area contributed by atoms with Crippen LogP contribution in [0, 0.1) is 5.82 Å². The minimum atomic E-state index is -5.02. The third-order valence-corrected chi connectivity index (χ3v) is 3.97. The van der Waals surface area contributed by atoms with Gasteiger partial charge in [-0.25, -0.2) is 17.5 Å². The minimum absolute atomic E-state index is 0.126. The zero-order valence-electron chi connectivity index (χ0n) is 12.4. The molecule has 25 heavy (non-hydrogen) atoms. The van der Waals surface area contributed by atoms with Gasteiger partial charge in [0.15, 0.2) is 0 Å². The number of amides is 1. The summed E-state index contributed by atoms with van der Waals surface area (Å²) < 4.78 is 76.9. The lowest BCUT2D eigenvalue weighted by atomic mass is 10.1. The van der Waals surface area contributed by atoms with Gasteiger partial charge in [-0.1, -0.05) is 30.3 Å². The molecule has 4 nitrogen and oxygen atoms in total. The van der Waals surface area contributed by atoms with E-state index in [-0.39, 0.29) is 6.07 Å². The molecule has 1 amide bonds. The molecule has 2 aromatic rings. The molecule has 0 radical (unpaired) electrons. The van der Waals surface area contributed by atoms with Crippen molar-refractivity contribution in [3.8, 4) is 0 Å². The van der Waals surface area contributed by atoms with E-state index in [1.54, 1.807) is 30.3 Å². The number of benzene rings is 2. The van der Waals surface area contributed by atoms with Crippen molar-refractivity contribution in [3.63, 3.8) is 0 Å². The molecule has 2 aromatic carbocycles. The fourth-order valence-corrected chi connectivity index (χ4v) is 2.67. The molecule has 0 atom stereocenters. The second-order valence-electron chi connectivity index (χ2n) is 4.88. The van der Waals surface area contributed by atoms with Crippen molar-refractivity contribution in [3.05, 3.63) is 76.4 Å². The van der Waals surface area contributed by atoms with Gasteiger partial charge in [0.25, 0.3) is 15.9 Å². The highest BCUT2D eigenvalue weighted by Gasteiger charge is 2.36. The van der Waals surface area contributed by atoms with Crippen molar-refractivity contribution >= 4 is 22.0 Å². The van der Waals surface area contributed by atoms with Crippen LogP contribution in [0.3, 0.4) is 0 Å². The van der Waals surface area contributed by atoms with Gasteiger partial charge in [-0.2, -0.15) is 13.2 Å². The summed E-state index contributed by atoms with van der Waals surface area (Å²) in [6, 6.07) is 9.53. The topological polar surface area (TPSA) is 63.2 Å². The second kappa shape index (κ2) is 7.06. The van der Waals surface area contributed by atoms with Crippen molar-refractivity contribution in [1.29, 1.82) is 0 Å². The Balaban J connectivity index is 2.26. The zero-order valence-corrected chi connectivity index (χ0v) is 13.2. The van der Waals surface area contributed by atoms with E-state index in [9.17, 15) is 30.8 Å². The largest absolute Gasteiger partial charge is 0.417 e. The van der Waals surface area contributed by atoms with Crippen LogP contribution in [0.25, 0.3) is 6.08 Å². The maximum atomic E-state index is 13.0. The zero-order chi connectivity index (χ0) is 18.7. The molecule has 0 saturated heterocycles. The van der Waals surface area contributed by atoms with Gasteiger partial charge in [0.2, 0.25) is 0 Å². The monoisotopic (exact) mass is 373 g/mol. The summed E-state index contributed by atoms with van der Waals surface area (Å²) in [5, 5.41) is 0.650. The molecule has 0 saturated carbocycles. The lowest BCUT2D eigenvalue weighted by molar-refractivity contribution is -0.138. The summed E-state index contributed by atoms with van der Waals surface area (Å²) in [5.74, 6) is -2.71. The lowest BCUT2D eigenvalue weighted by Gasteiger charge is -2.12. The van der Waals surface area contributed by atoms with Crippen molar-refractivity contribution in [2.24, 2.45) is 0 Å². The first-order valence-electron chi connectivity index (χ1n) is 6.75. The molecule has 0 aromatic heterocycles. The van der Waals surface area contributed by atoms with Gasteiger partial charge < -0.3 is 0 Å². The van der Waals surface area contributed by atoms with Crippen LogP contribution < -0.4 is 4.72 Å². The molecule has 0 heterocycles. The number of carbonyl (C=O) groups excluding carboxylic acids is 1. The number of hydrogen-bond donors (Lipinski definition) is 1. The highest BCUT2D eigenvalue weighted by Crippen LogP contribution is 2.32. The van der Waals surface area contributed by atoms with E-state index < -0.39 is 39.1 Å². The van der Waals surface area contributed by atoms with Gasteiger partial charge in [-0.15, -0.1) is 0 Å². The third kappa shape index (κ3) is 5.15. The van der Waals surface area contributed by atoms with Gasteiger partial charge in [-0.05, 0) is 29.8 Å². The number of hydrogen-bond acceptors (Lipinski definition) is 3. The maximum absolute atomic E-state index is 13.0. The fraction of sp³-hybridized carbons (Fsp3) is 0.0625. The van der Waals surface area contributed by atoms with E-state index in [1.807, 2.05) is 0 Å². The Bertz CT molecular complexity index is 907. The Labute approximate surface area is 140 Å². The van der Waals surface area contributed by atoms with Gasteiger partial charge in [0, 0.05) is 0 Å². The van der Waals surface area contributed by atoms with Crippen molar-refractivity contribution < 1.29 is 30.8 Å². The first-order valence-corrected chi connectivity index (χ1v) is 8.30. The van der Waals surface area contributed by atoms with E-state index in [4.69, 9.17) is 0 Å². The average molecular weight is 373 g/mol. The Morgan fingerprint density at radius 1 is 1.04 bits per heavy atom. The van der Waals surface area contributed by atoms with Crippen LogP contribution in [-0.2, 0) is 16.2 Å². The molecule has 0 aliphatic rings. The molecule has 0 aliphatic carbocycles. The van der Waals surface area contributed by atoms with Crippen molar-refractivity contribution in [2.45, 2.75) is 6.18 Å². The molecule has 1 N–H and O–H groups in total. The number of halogens is 4. The molecule has 132 valence electrons. The van der Waals surface area contributed by atoms with E-state index >= 15 is 0 Å². The summed E-state index contributed by atoms with van der Waals surface area (Å²) in [5.41, 5.74) is -2.05. The highest BCUT2D eigenvalue weighted by atomic mass is 32.2. The summed E-state index contributed by atoms with van der Waals surface area (Å²) in [4.78, 5) is 11.9. The predicted molar refractivity (Wildman–Crippen MR) is 83.3 cm³/mol. The molecular formula is C16H11F4NO3S. The summed E-state index contributed by atoms with van der Waals surface area (Å²) >= 11 is 0. The standard InChI is InChI=1S/C16H11F4NO3S/c17-12-6-7-13(14(10-12)16(18,19)20)15(22)21-25(23,24)9-8-11-4-2-1-3-5-11/h1-10H,(H,21,22). The number of sulfonamides is 1. The van der Waals surface area contributed by atoms with Gasteiger partial charge in [0.05, 0.1) is 16.5 Å². The predicted octanol–water partition coefficient (Wildman–Crippen LogP) is 3.58. The molecule has 0 aliphatic heterocycles. The van der Waals surface area contributed by atoms with E-state index in [0.29, 0.717) is 23.1 Å². The van der Waals surface area contributed by atoms with Gasteiger partial charge in [0.1, 0.15) is 5.82 Å². The maximum Gasteiger partial charge on any atom is 0.417 e. The Kier molecular flexibility index (Phi) is 5.27. The molecule has 0 fully saturated rings. The third-order valence-electron chi connectivity index (χ3n) is 3.01. The first kappa shape index (κ1) is 18.7. The average Bonchev–Trinajstić information content (AvgIpc) is 2.52. The van der Waals surface area contributed by atoms with Gasteiger partial charge >= 0.3 is 6.18 Å². The quantitative estimate of drug-likeness (QED) is 0.834. The summed E-state index contributed by atoms with van der Waals surface area (Å²) in [6.45, 7) is 0. The number of alkyl halides is 3. The van der Waals surface area contributed by atoms with Crippen LogP contribution in [0.5, 0.6) is 0 Å². The van der Waals surface area contributed by atoms with Crippen LogP contribution >= 0.6 is 0 Å². The fourth-order valence-electron chi connectivity index (χ4n) is 1.90. The van der Waals surface area contributed by atoms with E-state index in [2.05, 4.69) is 0 Å². The first-order chi connectivity index (χ1) is 11.6. The van der Waals surface area contributed by atoms with Crippen molar-refractivity contribution in [2.75, 3.05) is 0 Å². The van der Waals surface area contributed by atoms with E-state index in [0.717, 1.165) is 0 Å².